The maximum Gasteiger partial charge on any atom is 0.245 e. The summed E-state index contributed by atoms with van der Waals surface area (Å²) < 4.78 is 0. The first-order valence-electron chi connectivity index (χ1n) is 21.1. The van der Waals surface area contributed by atoms with E-state index < -0.39 is 151 Å². The fourth-order valence-corrected chi connectivity index (χ4v) is 6.53. The van der Waals surface area contributed by atoms with Crippen LogP contribution in [0.15, 0.2) is 12.5 Å². The molecule has 362 valence electrons. The van der Waals surface area contributed by atoms with Crippen LogP contribution in [0.25, 0.3) is 0 Å². The monoisotopic (exact) mass is 921 g/mol. The molecule has 1 saturated heterocycles. The number of carboxylic acid groups (broad SMARTS) is 2. The third-order valence-corrected chi connectivity index (χ3v) is 10.2. The van der Waals surface area contributed by atoms with E-state index in [9.17, 15) is 68.1 Å². The molecule has 1 aromatic rings. The zero-order chi connectivity index (χ0) is 49.0. The number of imidazole rings is 1. The summed E-state index contributed by atoms with van der Waals surface area (Å²) in [4.78, 5) is 153. The molecule has 0 aliphatic carbocycles. The molecular weight excluding hydrogens is 860 g/mol. The highest BCUT2D eigenvalue weighted by atomic mass is 16.4. The number of aromatic amines is 1. The average molecular weight is 922 g/mol. The number of aliphatic hydroxyl groups excluding tert-OH is 1. The second kappa shape index (κ2) is 26.8. The summed E-state index contributed by atoms with van der Waals surface area (Å²) in [6.45, 7) is 5.81. The summed E-state index contributed by atoms with van der Waals surface area (Å²) in [5.74, 6) is -15.1. The third-order valence-electron chi connectivity index (χ3n) is 10.2. The highest BCUT2D eigenvalue weighted by Gasteiger charge is 2.37. The molecule has 26 heteroatoms. The van der Waals surface area contributed by atoms with Crippen molar-refractivity contribution in [3.05, 3.63) is 18.2 Å². The number of carboxylic acids is 2. The fourth-order valence-electron chi connectivity index (χ4n) is 6.53. The summed E-state index contributed by atoms with van der Waals surface area (Å²) in [7, 11) is 0. The number of aliphatic hydroxyl groups is 1. The molecule has 1 aliphatic heterocycles. The first-order chi connectivity index (χ1) is 30.6. The van der Waals surface area contributed by atoms with E-state index in [4.69, 9.17) is 5.73 Å². The minimum atomic E-state index is -2.01. The Balaban J connectivity index is 2.80. The predicted octanol–water partition coefficient (Wildman–Crippen LogP) is -8.50. The smallest absolute Gasteiger partial charge is 0.245 e. The SMILES string of the molecule is CC[C@H](C)[C@@H]1NC(=O)[C@H](CCCC[NH3+])NC(=O)[C@H](Cc2cnc[nH]2)NC(=O)[C@H](CO)NC(=O)[C@H](CC(=O)[O-])NC(=O)[C@H](CC(C)C)NC(=O)[C@H](CC(N)=O)NC(=O)[C@H](CC(=O)[O-])NC1=O. The maximum absolute atomic E-state index is 14.0. The van der Waals surface area contributed by atoms with Crippen molar-refractivity contribution < 1.29 is 73.8 Å². The number of aliphatic carboxylic acids is 2. The van der Waals surface area contributed by atoms with E-state index in [1.165, 1.54) is 12.5 Å². The number of amides is 9. The lowest BCUT2D eigenvalue weighted by atomic mass is 9.96. The number of aromatic nitrogens is 2. The number of hydrogen-bond donors (Lipinski definition) is 12. The van der Waals surface area contributed by atoms with Crippen molar-refractivity contribution in [2.75, 3.05) is 13.2 Å². The van der Waals surface area contributed by atoms with Crippen molar-refractivity contribution in [3.8, 4) is 0 Å². The number of quaternary nitrogens is 1. The largest absolute Gasteiger partial charge is 0.550 e. The molecule has 2 heterocycles. The molecule has 1 fully saturated rings. The minimum Gasteiger partial charge on any atom is -0.550 e. The Morgan fingerprint density at radius 2 is 1.11 bits per heavy atom. The van der Waals surface area contributed by atoms with Gasteiger partial charge in [0.1, 0.15) is 48.3 Å². The first kappa shape index (κ1) is 54.4. The summed E-state index contributed by atoms with van der Waals surface area (Å²) in [6, 6.07) is -13.8. The predicted molar refractivity (Wildman–Crippen MR) is 218 cm³/mol. The van der Waals surface area contributed by atoms with Gasteiger partial charge in [0, 0.05) is 43.1 Å². The topological polar surface area (TPSA) is 433 Å². The first-order valence-corrected chi connectivity index (χ1v) is 21.1. The van der Waals surface area contributed by atoms with Gasteiger partial charge < -0.3 is 83.9 Å². The molecule has 9 atom stereocenters. The molecule has 9 amide bonds. The molecule has 1 aliphatic rings. The number of primary amides is 1. The molecular formula is C39H61N12O14-. The van der Waals surface area contributed by atoms with Crippen molar-refractivity contribution in [2.24, 2.45) is 17.6 Å². The fraction of sp³-hybridized carbons (Fsp3) is 0.641. The Bertz CT molecular complexity index is 1860. The number of nitrogens with zero attached hydrogens (tertiary/aromatic N) is 1. The van der Waals surface area contributed by atoms with Crippen LogP contribution in [0.3, 0.4) is 0 Å². The summed E-state index contributed by atoms with van der Waals surface area (Å²) >= 11 is 0. The van der Waals surface area contributed by atoms with Gasteiger partial charge in [0.05, 0.1) is 25.9 Å². The van der Waals surface area contributed by atoms with E-state index in [0.717, 1.165) is 0 Å². The molecule has 2 rings (SSSR count). The number of carbonyl (C=O) groups is 11. The average Bonchev–Trinajstić information content (AvgIpc) is 3.74. The van der Waals surface area contributed by atoms with Crippen molar-refractivity contribution in [2.45, 2.75) is 134 Å². The van der Waals surface area contributed by atoms with Crippen LogP contribution in [-0.4, -0.2) is 142 Å². The Kier molecular flexibility index (Phi) is 22.5. The van der Waals surface area contributed by atoms with Crippen LogP contribution in [-0.2, 0) is 59.2 Å². The second-order valence-electron chi connectivity index (χ2n) is 16.1. The van der Waals surface area contributed by atoms with Crippen LogP contribution >= 0.6 is 0 Å². The van der Waals surface area contributed by atoms with Crippen molar-refractivity contribution in [1.82, 2.24) is 52.5 Å². The van der Waals surface area contributed by atoms with Gasteiger partial charge in [-0.3, -0.25) is 43.2 Å². The van der Waals surface area contributed by atoms with E-state index in [2.05, 4.69) is 58.2 Å². The lowest BCUT2D eigenvalue weighted by Crippen LogP contribution is -2.63. The second-order valence-corrected chi connectivity index (χ2v) is 16.1. The zero-order valence-corrected chi connectivity index (χ0v) is 36.7. The standard InChI is InChI=1S/C39H62N12O14/c1-5-19(4)31-39(65)49-26(14-30(56)57)36(62)47-24(12-28(41)53)35(61)45-22(10-18(2)3)33(59)48-25(13-29(54)55)37(63)50-27(16-52)38(64)46-23(11-20-15-42-17-43-20)34(60)44-21(32(58)51-31)8-6-7-9-40/h15,17-19,21-27,31,52H,5-14,16,40H2,1-4H3,(H2,41,53)(H,42,43)(H,44,60)(H,45,61)(H,46,64)(H,47,62)(H,48,59)(H,49,65)(H,50,63)(H,51,58)(H,54,55)(H,56,57)/p-1/t19-,21-,22-,23-,24-,25-,26-,27-,31-/m0/s1. The quantitative estimate of drug-likeness (QED) is 0.0646. The number of hydrogen-bond acceptors (Lipinski definition) is 15. The molecule has 15 N–H and O–H groups in total. The molecule has 26 nitrogen and oxygen atoms in total. The Morgan fingerprint density at radius 1 is 0.662 bits per heavy atom. The molecule has 65 heavy (non-hydrogen) atoms. The van der Waals surface area contributed by atoms with E-state index >= 15 is 0 Å². The number of rotatable bonds is 17. The molecule has 0 bridgehead atoms. The van der Waals surface area contributed by atoms with Crippen molar-refractivity contribution in [3.63, 3.8) is 0 Å². The van der Waals surface area contributed by atoms with E-state index in [1.807, 2.05) is 0 Å². The number of unbranched alkanes of at least 4 members (excludes halogenated alkanes) is 1. The summed E-state index contributed by atoms with van der Waals surface area (Å²) in [5.41, 5.74) is 9.44. The molecule has 0 saturated carbocycles. The normalized spacial score (nSPS) is 25.3. The Labute approximate surface area is 373 Å². The number of nitrogens with one attached hydrogen (secondary N) is 9. The van der Waals surface area contributed by atoms with Gasteiger partial charge in [-0.1, -0.05) is 34.1 Å². The zero-order valence-electron chi connectivity index (χ0n) is 36.7. The lowest BCUT2D eigenvalue weighted by Gasteiger charge is -2.30. The van der Waals surface area contributed by atoms with Crippen LogP contribution in [0.2, 0.25) is 0 Å². The van der Waals surface area contributed by atoms with Gasteiger partial charge in [0.2, 0.25) is 53.2 Å². The molecule has 0 radical (unpaired) electrons. The van der Waals surface area contributed by atoms with Crippen molar-refractivity contribution >= 4 is 65.1 Å². The van der Waals surface area contributed by atoms with Crippen molar-refractivity contribution in [1.29, 1.82) is 0 Å². The molecule has 0 aromatic carbocycles. The lowest BCUT2D eigenvalue weighted by molar-refractivity contribution is -0.368. The number of carbonyl (C=O) groups excluding carboxylic acids is 11. The third kappa shape index (κ3) is 18.5. The van der Waals surface area contributed by atoms with E-state index in [1.54, 1.807) is 27.7 Å². The summed E-state index contributed by atoms with van der Waals surface area (Å²) in [5, 5.41) is 52.4. The van der Waals surface area contributed by atoms with Crippen LogP contribution in [0, 0.1) is 11.8 Å². The maximum atomic E-state index is 14.0. The molecule has 0 spiro atoms. The Morgan fingerprint density at radius 3 is 1.58 bits per heavy atom. The van der Waals surface area contributed by atoms with Gasteiger partial charge in [0.15, 0.2) is 0 Å². The van der Waals surface area contributed by atoms with E-state index in [0.29, 0.717) is 25.1 Å². The highest BCUT2D eigenvalue weighted by Crippen LogP contribution is 2.13. The van der Waals surface area contributed by atoms with Crippen LogP contribution in [0.1, 0.15) is 84.8 Å². The van der Waals surface area contributed by atoms with Crippen LogP contribution < -0.4 is 64.2 Å². The van der Waals surface area contributed by atoms with Gasteiger partial charge in [0.25, 0.3) is 0 Å². The van der Waals surface area contributed by atoms with E-state index in [-0.39, 0.29) is 25.7 Å². The summed E-state index contributed by atoms with van der Waals surface area (Å²) in [6.07, 6.45) is -0.110. The Hall–Kier alpha value is -6.70. The van der Waals surface area contributed by atoms with Gasteiger partial charge in [-0.2, -0.15) is 0 Å². The van der Waals surface area contributed by atoms with Gasteiger partial charge in [-0.15, -0.1) is 0 Å². The number of H-pyrrole nitrogens is 1. The molecule has 1 aromatic heterocycles. The number of nitrogens with two attached hydrogens (primary N) is 1. The van der Waals surface area contributed by atoms with Gasteiger partial charge in [-0.05, 0) is 37.5 Å². The van der Waals surface area contributed by atoms with Gasteiger partial charge >= 0.3 is 0 Å². The molecule has 0 unspecified atom stereocenters. The van der Waals surface area contributed by atoms with Gasteiger partial charge in [-0.25, -0.2) is 4.98 Å². The van der Waals surface area contributed by atoms with Crippen LogP contribution in [0.4, 0.5) is 0 Å². The van der Waals surface area contributed by atoms with Crippen LogP contribution in [0.5, 0.6) is 0 Å². The minimum absolute atomic E-state index is 0.0232. The highest BCUT2D eigenvalue weighted by molar-refractivity contribution is 6.00.